The molecule has 0 aromatic heterocycles. The van der Waals surface area contributed by atoms with E-state index in [0.29, 0.717) is 21.9 Å². The van der Waals surface area contributed by atoms with E-state index < -0.39 is 10.8 Å². The lowest BCUT2D eigenvalue weighted by Crippen LogP contribution is -2.11. The zero-order valence-electron chi connectivity index (χ0n) is 7.82. The van der Waals surface area contributed by atoms with Gasteiger partial charge in [-0.15, -0.1) is 0 Å². The van der Waals surface area contributed by atoms with E-state index in [9.17, 15) is 9.00 Å². The summed E-state index contributed by atoms with van der Waals surface area (Å²) in [6, 6.07) is 6.93. The number of carbonyl (C=O) groups excluding carboxylic acids is 1. The molecule has 1 N–H and O–H groups in total. The molecule has 2 rings (SSSR count). The first kappa shape index (κ1) is 9.87. The molecule has 1 aliphatic rings. The molecule has 1 aromatic carbocycles. The summed E-state index contributed by atoms with van der Waals surface area (Å²) in [5, 5.41) is 11.5. The molecule has 0 saturated carbocycles. The van der Waals surface area contributed by atoms with Crippen LogP contribution in [-0.4, -0.2) is 15.9 Å². The number of para-hydroxylation sites is 1. The Balaban J connectivity index is 2.62. The fourth-order valence-electron chi connectivity index (χ4n) is 1.44. The van der Waals surface area contributed by atoms with Crippen LogP contribution in [0.2, 0.25) is 0 Å². The Kier molecular flexibility index (Phi) is 2.52. The molecule has 1 amide bonds. The number of benzene rings is 1. The predicted molar refractivity (Wildman–Crippen MR) is 55.7 cm³/mol. The van der Waals surface area contributed by atoms with Crippen molar-refractivity contribution in [1.29, 1.82) is 5.26 Å². The second-order valence-electron chi connectivity index (χ2n) is 3.14. The Bertz CT molecular complexity index is 491. The molecule has 1 atom stereocenters. The summed E-state index contributed by atoms with van der Waals surface area (Å²) < 4.78 is 11.7. The van der Waals surface area contributed by atoms with Gasteiger partial charge in [0.15, 0.2) is 0 Å². The van der Waals surface area contributed by atoms with Crippen LogP contribution < -0.4 is 5.32 Å². The van der Waals surface area contributed by atoms with Crippen LogP contribution in [-0.2, 0) is 15.6 Å². The van der Waals surface area contributed by atoms with Crippen molar-refractivity contribution in [3.63, 3.8) is 0 Å². The van der Waals surface area contributed by atoms with Gasteiger partial charge in [0.2, 0.25) is 5.91 Å². The molecule has 15 heavy (non-hydrogen) atoms. The molecule has 0 spiro atoms. The van der Waals surface area contributed by atoms with Gasteiger partial charge in [-0.1, -0.05) is 6.07 Å². The van der Waals surface area contributed by atoms with E-state index in [1.54, 1.807) is 18.2 Å². The minimum Gasteiger partial charge on any atom is -0.324 e. The first-order chi connectivity index (χ1) is 7.22. The molecule has 76 valence electrons. The third-order valence-electron chi connectivity index (χ3n) is 2.17. The van der Waals surface area contributed by atoms with Crippen LogP contribution in [0.3, 0.4) is 0 Å². The Labute approximate surface area is 89.4 Å². The lowest BCUT2D eigenvalue weighted by Gasteiger charge is -2.06. The normalized spacial score (nSPS) is 19.7. The summed E-state index contributed by atoms with van der Waals surface area (Å²) >= 11 is 0. The van der Waals surface area contributed by atoms with E-state index in [4.69, 9.17) is 5.26 Å². The van der Waals surface area contributed by atoms with Gasteiger partial charge in [-0.2, -0.15) is 5.26 Å². The van der Waals surface area contributed by atoms with Gasteiger partial charge in [-0.25, -0.2) is 0 Å². The Morgan fingerprint density at radius 1 is 1.47 bits per heavy atom. The largest absolute Gasteiger partial charge is 0.324 e. The molecule has 4 nitrogen and oxygen atoms in total. The van der Waals surface area contributed by atoms with Crippen molar-refractivity contribution in [2.24, 2.45) is 0 Å². The summed E-state index contributed by atoms with van der Waals surface area (Å²) in [6.07, 6.45) is 0.228. The third-order valence-corrected chi connectivity index (χ3v) is 3.58. The van der Waals surface area contributed by atoms with Gasteiger partial charge in [0.25, 0.3) is 0 Å². The molecule has 0 bridgehead atoms. The first-order valence-electron chi connectivity index (χ1n) is 4.43. The smallest absolute Gasteiger partial charge is 0.225 e. The quantitative estimate of drug-likeness (QED) is 0.709. The number of fused-ring (bicyclic) bond motifs is 1. The van der Waals surface area contributed by atoms with Crippen LogP contribution in [0.1, 0.15) is 12.0 Å². The van der Waals surface area contributed by atoms with Gasteiger partial charge in [0, 0.05) is 12.2 Å². The van der Waals surface area contributed by atoms with Crippen LogP contribution in [0.15, 0.2) is 23.1 Å². The fourth-order valence-corrected chi connectivity index (χ4v) is 2.65. The van der Waals surface area contributed by atoms with Crippen molar-refractivity contribution in [3.8, 4) is 6.07 Å². The monoisotopic (exact) mass is 220 g/mol. The Morgan fingerprint density at radius 2 is 2.27 bits per heavy atom. The van der Waals surface area contributed by atoms with Crippen LogP contribution in [0.5, 0.6) is 0 Å². The molecule has 1 heterocycles. The van der Waals surface area contributed by atoms with Crippen molar-refractivity contribution < 1.29 is 9.00 Å². The van der Waals surface area contributed by atoms with Gasteiger partial charge in [0.1, 0.15) is 6.07 Å². The van der Waals surface area contributed by atoms with E-state index in [2.05, 4.69) is 5.32 Å². The molecule has 5 heteroatoms. The third kappa shape index (κ3) is 1.76. The van der Waals surface area contributed by atoms with Crippen LogP contribution in [0, 0.1) is 11.3 Å². The van der Waals surface area contributed by atoms with Crippen molar-refractivity contribution in [1.82, 2.24) is 0 Å². The van der Waals surface area contributed by atoms with Gasteiger partial charge in [-0.05, 0) is 12.1 Å². The Hall–Kier alpha value is -1.67. The summed E-state index contributed by atoms with van der Waals surface area (Å²) in [7, 11) is -1.20. The predicted octanol–water partition coefficient (Wildman–Crippen LogP) is 1.01. The number of hydrogen-bond acceptors (Lipinski definition) is 3. The molecule has 1 aromatic rings. The van der Waals surface area contributed by atoms with E-state index >= 15 is 0 Å². The van der Waals surface area contributed by atoms with Crippen LogP contribution in [0.4, 0.5) is 5.69 Å². The summed E-state index contributed by atoms with van der Waals surface area (Å²) in [6.45, 7) is 0. The number of hydrogen-bond donors (Lipinski definition) is 1. The van der Waals surface area contributed by atoms with E-state index in [1.807, 2.05) is 6.07 Å². The highest BCUT2D eigenvalue weighted by atomic mass is 32.2. The summed E-state index contributed by atoms with van der Waals surface area (Å²) in [4.78, 5) is 11.8. The summed E-state index contributed by atoms with van der Waals surface area (Å²) in [5.74, 6) is 0.123. The first-order valence-corrected chi connectivity index (χ1v) is 5.75. The second kappa shape index (κ2) is 3.83. The molecule has 0 fully saturated rings. The number of anilines is 1. The van der Waals surface area contributed by atoms with E-state index in [1.165, 1.54) is 0 Å². The van der Waals surface area contributed by atoms with Crippen molar-refractivity contribution in [2.75, 3.05) is 11.1 Å². The number of nitrogens with zero attached hydrogens (tertiary/aromatic N) is 1. The highest BCUT2D eigenvalue weighted by Crippen LogP contribution is 2.26. The minimum absolute atomic E-state index is 0.190. The average molecular weight is 220 g/mol. The van der Waals surface area contributed by atoms with Gasteiger partial charge in [-0.3, -0.25) is 9.00 Å². The molecule has 1 unspecified atom stereocenters. The number of rotatable bonds is 0. The lowest BCUT2D eigenvalue weighted by molar-refractivity contribution is -0.115. The standard InChI is InChI=1S/C10H8N2O2S/c11-6-7-2-1-3-8-10(7)12-9(13)4-5-15(8)14/h1-3H,4-5H2,(H,12,13). The maximum absolute atomic E-state index is 11.7. The Morgan fingerprint density at radius 3 is 3.00 bits per heavy atom. The zero-order chi connectivity index (χ0) is 10.8. The molecular formula is C10H8N2O2S. The molecular weight excluding hydrogens is 212 g/mol. The minimum atomic E-state index is -1.20. The van der Waals surface area contributed by atoms with Gasteiger partial charge in [0.05, 0.1) is 26.9 Å². The number of nitriles is 1. The highest BCUT2D eigenvalue weighted by molar-refractivity contribution is 7.85. The number of carbonyl (C=O) groups is 1. The average Bonchev–Trinajstić information content (AvgIpc) is 2.39. The van der Waals surface area contributed by atoms with Gasteiger partial charge < -0.3 is 5.32 Å². The van der Waals surface area contributed by atoms with Crippen LogP contribution in [0.25, 0.3) is 0 Å². The fraction of sp³-hybridized carbons (Fsp3) is 0.200. The maximum atomic E-state index is 11.7. The lowest BCUT2D eigenvalue weighted by atomic mass is 10.2. The molecule has 0 aliphatic carbocycles. The van der Waals surface area contributed by atoms with E-state index in [0.717, 1.165) is 0 Å². The molecule has 0 saturated heterocycles. The summed E-state index contributed by atoms with van der Waals surface area (Å²) in [5.41, 5.74) is 0.761. The van der Waals surface area contributed by atoms with E-state index in [-0.39, 0.29) is 12.3 Å². The topological polar surface area (TPSA) is 70.0 Å². The van der Waals surface area contributed by atoms with Crippen molar-refractivity contribution >= 4 is 22.4 Å². The number of amides is 1. The van der Waals surface area contributed by atoms with Crippen LogP contribution >= 0.6 is 0 Å². The maximum Gasteiger partial charge on any atom is 0.225 e. The molecule has 1 aliphatic heterocycles. The van der Waals surface area contributed by atoms with Crippen molar-refractivity contribution in [2.45, 2.75) is 11.3 Å². The van der Waals surface area contributed by atoms with Gasteiger partial charge >= 0.3 is 0 Å². The second-order valence-corrected chi connectivity index (χ2v) is 4.68. The zero-order valence-corrected chi connectivity index (χ0v) is 8.63. The highest BCUT2D eigenvalue weighted by Gasteiger charge is 2.20. The SMILES string of the molecule is N#Cc1cccc2c1NC(=O)CCS2=O. The molecule has 0 radical (unpaired) electrons. The number of nitrogens with one attached hydrogen (secondary N) is 1. The van der Waals surface area contributed by atoms with Crippen molar-refractivity contribution in [3.05, 3.63) is 23.8 Å².